The summed E-state index contributed by atoms with van der Waals surface area (Å²) in [5.74, 6) is -0.854. The van der Waals surface area contributed by atoms with Crippen molar-refractivity contribution >= 4 is 11.8 Å². The highest BCUT2D eigenvalue weighted by Crippen LogP contribution is 2.43. The summed E-state index contributed by atoms with van der Waals surface area (Å²) in [6.07, 6.45) is 0.475. The first-order valence-corrected chi connectivity index (χ1v) is 7.88. The fourth-order valence-corrected chi connectivity index (χ4v) is 3.17. The zero-order chi connectivity index (χ0) is 16.9. The van der Waals surface area contributed by atoms with Gasteiger partial charge in [-0.15, -0.1) is 6.58 Å². The second kappa shape index (κ2) is 7.88. The molecule has 0 N–H and O–H groups in total. The Kier molecular flexibility index (Phi) is 6.75. The summed E-state index contributed by atoms with van der Waals surface area (Å²) in [5, 5.41) is 0. The van der Waals surface area contributed by atoms with E-state index in [1.807, 2.05) is 13.0 Å². The van der Waals surface area contributed by atoms with Gasteiger partial charge in [-0.25, -0.2) is 4.79 Å². The van der Waals surface area contributed by atoms with Crippen molar-refractivity contribution in [2.24, 2.45) is 17.3 Å². The number of ketones is 1. The molecule has 1 aliphatic rings. The molecule has 0 radical (unpaired) electrons. The summed E-state index contributed by atoms with van der Waals surface area (Å²) in [7, 11) is 0. The highest BCUT2D eigenvalue weighted by atomic mass is 16.7. The van der Waals surface area contributed by atoms with Crippen LogP contribution in [0.2, 0.25) is 0 Å². The van der Waals surface area contributed by atoms with Crippen molar-refractivity contribution < 1.29 is 23.8 Å². The van der Waals surface area contributed by atoms with Crippen molar-refractivity contribution in [3.05, 3.63) is 12.7 Å². The lowest BCUT2D eigenvalue weighted by atomic mass is 9.63. The molecule has 0 heterocycles. The van der Waals surface area contributed by atoms with Gasteiger partial charge in [0.1, 0.15) is 0 Å². The Labute approximate surface area is 133 Å². The van der Waals surface area contributed by atoms with E-state index in [-0.39, 0.29) is 23.0 Å². The van der Waals surface area contributed by atoms with E-state index in [1.54, 1.807) is 13.8 Å². The van der Waals surface area contributed by atoms with E-state index < -0.39 is 18.4 Å². The minimum atomic E-state index is -1.07. The van der Waals surface area contributed by atoms with Gasteiger partial charge in [0.05, 0.1) is 0 Å². The van der Waals surface area contributed by atoms with Crippen LogP contribution in [0.3, 0.4) is 0 Å². The quantitative estimate of drug-likeness (QED) is 0.411. The molecule has 126 valence electrons. The molecule has 0 spiro atoms. The van der Waals surface area contributed by atoms with E-state index in [0.29, 0.717) is 19.6 Å². The van der Waals surface area contributed by atoms with E-state index in [4.69, 9.17) is 14.2 Å². The molecule has 0 aromatic carbocycles. The van der Waals surface area contributed by atoms with Crippen LogP contribution in [0.15, 0.2) is 12.7 Å². The third-order valence-electron chi connectivity index (χ3n) is 4.26. The molecule has 0 aromatic heterocycles. The molecule has 5 nitrogen and oxygen atoms in total. The van der Waals surface area contributed by atoms with Crippen molar-refractivity contribution in [3.8, 4) is 0 Å². The summed E-state index contributed by atoms with van der Waals surface area (Å²) in [5.41, 5.74) is -0.160. The number of carbonyl (C=O) groups is 2. The van der Waals surface area contributed by atoms with Gasteiger partial charge in [0.15, 0.2) is 11.9 Å². The molecule has 0 saturated heterocycles. The van der Waals surface area contributed by atoms with Gasteiger partial charge in [-0.1, -0.05) is 26.8 Å². The molecule has 1 fully saturated rings. The molecule has 0 aliphatic heterocycles. The van der Waals surface area contributed by atoms with Gasteiger partial charge in [0.25, 0.3) is 6.29 Å². The summed E-state index contributed by atoms with van der Waals surface area (Å²) >= 11 is 0. The molecule has 0 bridgehead atoms. The van der Waals surface area contributed by atoms with Crippen molar-refractivity contribution in [3.63, 3.8) is 0 Å². The molecule has 3 unspecified atom stereocenters. The summed E-state index contributed by atoms with van der Waals surface area (Å²) in [6.45, 7) is 14.0. The Balaban J connectivity index is 2.82. The third-order valence-corrected chi connectivity index (χ3v) is 4.26. The second-order valence-electron chi connectivity index (χ2n) is 6.31. The molecule has 22 heavy (non-hydrogen) atoms. The number of esters is 1. The van der Waals surface area contributed by atoms with Gasteiger partial charge in [-0.3, -0.25) is 4.79 Å². The highest BCUT2D eigenvalue weighted by Gasteiger charge is 2.46. The predicted octanol–water partition coefficient (Wildman–Crippen LogP) is 2.73. The average molecular weight is 312 g/mol. The fraction of sp³-hybridized carbons (Fsp3) is 0.765. The molecule has 5 heteroatoms. The van der Waals surface area contributed by atoms with E-state index in [1.165, 1.54) is 0 Å². The van der Waals surface area contributed by atoms with Crippen LogP contribution in [0.25, 0.3) is 0 Å². The van der Waals surface area contributed by atoms with Crippen LogP contribution in [0.4, 0.5) is 0 Å². The smallest absolute Gasteiger partial charge is 0.364 e. The van der Waals surface area contributed by atoms with Crippen LogP contribution in [-0.2, 0) is 23.8 Å². The monoisotopic (exact) mass is 312 g/mol. The van der Waals surface area contributed by atoms with Gasteiger partial charge >= 0.3 is 5.97 Å². The second-order valence-corrected chi connectivity index (χ2v) is 6.31. The van der Waals surface area contributed by atoms with Crippen molar-refractivity contribution in [2.45, 2.75) is 53.4 Å². The molecule has 0 amide bonds. The van der Waals surface area contributed by atoms with E-state index in [9.17, 15) is 9.59 Å². The molecular formula is C17H28O5. The van der Waals surface area contributed by atoms with Gasteiger partial charge in [-0.2, -0.15) is 0 Å². The lowest BCUT2D eigenvalue weighted by molar-refractivity contribution is -0.202. The van der Waals surface area contributed by atoms with Crippen molar-refractivity contribution in [1.29, 1.82) is 0 Å². The fourth-order valence-electron chi connectivity index (χ4n) is 3.17. The number of Topliss-reactive ketones (excluding diaryl/α,β-unsaturated/α-hetero) is 1. The Morgan fingerprint density at radius 1 is 1.36 bits per heavy atom. The van der Waals surface area contributed by atoms with Crippen LogP contribution in [0.1, 0.15) is 41.0 Å². The summed E-state index contributed by atoms with van der Waals surface area (Å²) in [6, 6.07) is 0. The van der Waals surface area contributed by atoms with E-state index >= 15 is 0 Å². The van der Waals surface area contributed by atoms with Crippen LogP contribution < -0.4 is 0 Å². The van der Waals surface area contributed by atoms with Crippen LogP contribution in [-0.4, -0.2) is 37.4 Å². The number of hydrogen-bond donors (Lipinski definition) is 0. The summed E-state index contributed by atoms with van der Waals surface area (Å²) in [4.78, 5) is 24.6. The first kappa shape index (κ1) is 18.8. The zero-order valence-electron chi connectivity index (χ0n) is 14.3. The Morgan fingerprint density at radius 2 is 1.91 bits per heavy atom. The SMILES string of the molecule is C=CC1C(C)C(=O)C(OC(=O)C(OCC)OCC)CC1(C)C. The average Bonchev–Trinajstić information content (AvgIpc) is 2.44. The lowest BCUT2D eigenvalue weighted by Crippen LogP contribution is -2.48. The maximum atomic E-state index is 12.4. The predicted molar refractivity (Wildman–Crippen MR) is 83.2 cm³/mol. The number of allylic oxidation sites excluding steroid dienone is 1. The van der Waals surface area contributed by atoms with Crippen LogP contribution >= 0.6 is 0 Å². The van der Waals surface area contributed by atoms with E-state index in [2.05, 4.69) is 20.4 Å². The number of ether oxygens (including phenoxy) is 3. The Hall–Kier alpha value is -1.20. The Morgan fingerprint density at radius 3 is 2.36 bits per heavy atom. The molecule has 3 atom stereocenters. The van der Waals surface area contributed by atoms with Gasteiger partial charge in [-0.05, 0) is 31.6 Å². The van der Waals surface area contributed by atoms with E-state index in [0.717, 1.165) is 0 Å². The van der Waals surface area contributed by atoms with Crippen molar-refractivity contribution in [2.75, 3.05) is 13.2 Å². The first-order valence-electron chi connectivity index (χ1n) is 7.88. The minimum Gasteiger partial charge on any atom is -0.451 e. The number of rotatable bonds is 7. The minimum absolute atomic E-state index is 0.0654. The lowest BCUT2D eigenvalue weighted by Gasteiger charge is -2.43. The normalized spacial score (nSPS) is 27.7. The standard InChI is InChI=1S/C17H28O5/c1-7-12-11(4)14(18)13(10-17(12,5)6)22-15(19)16(20-8-2)21-9-3/h7,11-13,16H,1,8-10H2,2-6H3. The van der Waals surface area contributed by atoms with Gasteiger partial charge in [0, 0.05) is 19.1 Å². The van der Waals surface area contributed by atoms with Crippen LogP contribution in [0, 0.1) is 17.3 Å². The van der Waals surface area contributed by atoms with Crippen molar-refractivity contribution in [1.82, 2.24) is 0 Å². The topological polar surface area (TPSA) is 61.8 Å². The zero-order valence-corrected chi connectivity index (χ0v) is 14.3. The maximum Gasteiger partial charge on any atom is 0.364 e. The molecule has 1 aliphatic carbocycles. The third kappa shape index (κ3) is 4.17. The highest BCUT2D eigenvalue weighted by molar-refractivity contribution is 5.89. The molecule has 0 aromatic rings. The van der Waals surface area contributed by atoms with Crippen LogP contribution in [0.5, 0.6) is 0 Å². The molecular weight excluding hydrogens is 284 g/mol. The maximum absolute atomic E-state index is 12.4. The van der Waals surface area contributed by atoms with Gasteiger partial charge < -0.3 is 14.2 Å². The molecule has 1 saturated carbocycles. The molecule has 1 rings (SSSR count). The largest absolute Gasteiger partial charge is 0.451 e. The Bertz CT molecular complexity index is 409. The number of carbonyl (C=O) groups excluding carboxylic acids is 2. The first-order chi connectivity index (χ1) is 10.3. The van der Waals surface area contributed by atoms with Gasteiger partial charge in [0.2, 0.25) is 0 Å². The summed E-state index contributed by atoms with van der Waals surface area (Å²) < 4.78 is 15.8. The number of hydrogen-bond acceptors (Lipinski definition) is 5.